The molecule has 0 unspecified atom stereocenters. The van der Waals surface area contributed by atoms with Crippen molar-refractivity contribution in [3.8, 4) is 5.75 Å². The third-order valence-corrected chi connectivity index (χ3v) is 4.58. The van der Waals surface area contributed by atoms with Crippen LogP contribution in [0.3, 0.4) is 0 Å². The zero-order valence-corrected chi connectivity index (χ0v) is 13.4. The maximum atomic E-state index is 11.7. The van der Waals surface area contributed by atoms with Gasteiger partial charge in [0.2, 0.25) is 0 Å². The first-order valence-corrected chi connectivity index (χ1v) is 8.06. The van der Waals surface area contributed by atoms with Crippen LogP contribution in [0.25, 0.3) is 0 Å². The van der Waals surface area contributed by atoms with Gasteiger partial charge in [0.1, 0.15) is 0 Å². The molecule has 2 aromatic carbocycles. The zero-order chi connectivity index (χ0) is 16.4. The van der Waals surface area contributed by atoms with Gasteiger partial charge in [-0.15, -0.1) is 11.8 Å². The van der Waals surface area contributed by atoms with E-state index in [0.717, 1.165) is 22.2 Å². The number of para-hydroxylation sites is 1. The van der Waals surface area contributed by atoms with Crippen molar-refractivity contribution in [2.75, 3.05) is 10.8 Å². The van der Waals surface area contributed by atoms with Gasteiger partial charge in [0, 0.05) is 11.0 Å². The quantitative estimate of drug-likeness (QED) is 0.366. The Hall–Kier alpha value is -2.53. The van der Waals surface area contributed by atoms with Crippen LogP contribution in [-0.4, -0.2) is 18.1 Å². The summed E-state index contributed by atoms with van der Waals surface area (Å²) in [4.78, 5) is 26.3. The summed E-state index contributed by atoms with van der Waals surface area (Å²) in [5.74, 6) is 0.380. The largest absolute Gasteiger partial charge is 0.420 e. The molecule has 3 rings (SSSR count). The lowest BCUT2D eigenvalue weighted by Crippen LogP contribution is -2.16. The van der Waals surface area contributed by atoms with E-state index < -0.39 is 5.97 Å². The molecule has 0 spiro atoms. The SMILES string of the molecule is C=CC(=O)Oc1c(C=O)cc(C)cc1N1CSc2ccccc21. The van der Waals surface area contributed by atoms with Gasteiger partial charge < -0.3 is 9.64 Å². The summed E-state index contributed by atoms with van der Waals surface area (Å²) < 4.78 is 5.36. The van der Waals surface area contributed by atoms with Crippen LogP contribution in [0, 0.1) is 6.92 Å². The molecule has 0 radical (unpaired) electrons. The maximum Gasteiger partial charge on any atom is 0.335 e. The molecule has 2 aromatic rings. The number of benzene rings is 2. The average molecular weight is 325 g/mol. The van der Waals surface area contributed by atoms with E-state index in [-0.39, 0.29) is 5.75 Å². The molecule has 4 nitrogen and oxygen atoms in total. The van der Waals surface area contributed by atoms with Crippen molar-refractivity contribution in [2.24, 2.45) is 0 Å². The van der Waals surface area contributed by atoms with Gasteiger partial charge in [0.15, 0.2) is 12.0 Å². The molecule has 0 fully saturated rings. The van der Waals surface area contributed by atoms with E-state index in [9.17, 15) is 9.59 Å². The molecule has 0 atom stereocenters. The average Bonchev–Trinajstić information content (AvgIpc) is 2.99. The van der Waals surface area contributed by atoms with Crippen molar-refractivity contribution in [1.82, 2.24) is 0 Å². The molecule has 0 aromatic heterocycles. The minimum absolute atomic E-state index is 0.271. The Morgan fingerprint density at radius 3 is 2.83 bits per heavy atom. The van der Waals surface area contributed by atoms with Gasteiger partial charge in [-0.3, -0.25) is 4.79 Å². The van der Waals surface area contributed by atoms with Crippen LogP contribution in [-0.2, 0) is 4.79 Å². The van der Waals surface area contributed by atoms with E-state index in [1.165, 1.54) is 0 Å². The number of aldehydes is 1. The van der Waals surface area contributed by atoms with Crippen molar-refractivity contribution >= 4 is 35.4 Å². The van der Waals surface area contributed by atoms with E-state index in [2.05, 4.69) is 6.58 Å². The van der Waals surface area contributed by atoms with Crippen molar-refractivity contribution in [2.45, 2.75) is 11.8 Å². The number of ether oxygens (including phenoxy) is 1. The van der Waals surface area contributed by atoms with Gasteiger partial charge in [-0.25, -0.2) is 4.79 Å². The highest BCUT2D eigenvalue weighted by Gasteiger charge is 2.25. The number of hydrogen-bond acceptors (Lipinski definition) is 5. The molecule has 0 saturated heterocycles. The van der Waals surface area contributed by atoms with Crippen LogP contribution < -0.4 is 9.64 Å². The van der Waals surface area contributed by atoms with Crippen LogP contribution >= 0.6 is 11.8 Å². The second-order valence-electron chi connectivity index (χ2n) is 5.11. The van der Waals surface area contributed by atoms with E-state index in [1.54, 1.807) is 17.8 Å². The smallest absolute Gasteiger partial charge is 0.335 e. The van der Waals surface area contributed by atoms with Crippen LogP contribution in [0.1, 0.15) is 15.9 Å². The Morgan fingerprint density at radius 2 is 2.09 bits per heavy atom. The Bertz CT molecular complexity index is 801. The Balaban J connectivity index is 2.15. The van der Waals surface area contributed by atoms with E-state index >= 15 is 0 Å². The number of thioether (sulfide) groups is 1. The lowest BCUT2D eigenvalue weighted by atomic mass is 10.1. The summed E-state index contributed by atoms with van der Waals surface area (Å²) in [6.45, 7) is 5.32. The minimum atomic E-state index is -0.585. The van der Waals surface area contributed by atoms with Crippen LogP contribution in [0.5, 0.6) is 5.75 Å². The first-order chi connectivity index (χ1) is 11.1. The van der Waals surface area contributed by atoms with Crippen LogP contribution in [0.2, 0.25) is 0 Å². The summed E-state index contributed by atoms with van der Waals surface area (Å²) in [6.07, 6.45) is 1.79. The van der Waals surface area contributed by atoms with E-state index in [1.807, 2.05) is 42.2 Å². The van der Waals surface area contributed by atoms with Crippen LogP contribution in [0.4, 0.5) is 11.4 Å². The summed E-state index contributed by atoms with van der Waals surface area (Å²) in [6, 6.07) is 11.6. The lowest BCUT2D eigenvalue weighted by Gasteiger charge is -2.23. The number of aryl methyl sites for hydroxylation is 1. The van der Waals surface area contributed by atoms with Crippen molar-refractivity contribution < 1.29 is 14.3 Å². The first kappa shape index (κ1) is 15.4. The molecule has 0 amide bonds. The van der Waals surface area contributed by atoms with Gasteiger partial charge >= 0.3 is 5.97 Å². The summed E-state index contributed by atoms with van der Waals surface area (Å²) in [7, 11) is 0. The molecule has 5 heteroatoms. The molecular formula is C18H15NO3S. The van der Waals surface area contributed by atoms with Gasteiger partial charge in [-0.1, -0.05) is 18.7 Å². The number of carbonyl (C=O) groups is 2. The van der Waals surface area contributed by atoms with E-state index in [4.69, 9.17) is 4.74 Å². The molecule has 116 valence electrons. The second-order valence-corrected chi connectivity index (χ2v) is 6.10. The van der Waals surface area contributed by atoms with Crippen molar-refractivity contribution in [3.63, 3.8) is 0 Å². The van der Waals surface area contributed by atoms with Gasteiger partial charge in [0.05, 0.1) is 22.8 Å². The molecule has 1 aliphatic heterocycles. The number of anilines is 2. The predicted molar refractivity (Wildman–Crippen MR) is 91.7 cm³/mol. The molecule has 0 saturated carbocycles. The van der Waals surface area contributed by atoms with Crippen molar-refractivity contribution in [3.05, 3.63) is 60.2 Å². The molecule has 1 heterocycles. The van der Waals surface area contributed by atoms with Crippen LogP contribution in [0.15, 0.2) is 53.9 Å². The molecular weight excluding hydrogens is 310 g/mol. The number of rotatable bonds is 4. The fraction of sp³-hybridized carbons (Fsp3) is 0.111. The molecule has 23 heavy (non-hydrogen) atoms. The zero-order valence-electron chi connectivity index (χ0n) is 12.6. The molecule has 0 aliphatic carbocycles. The lowest BCUT2D eigenvalue weighted by molar-refractivity contribution is -0.128. The molecule has 1 aliphatic rings. The number of esters is 1. The summed E-state index contributed by atoms with van der Waals surface area (Å²) >= 11 is 1.70. The minimum Gasteiger partial charge on any atom is -0.420 e. The van der Waals surface area contributed by atoms with Gasteiger partial charge in [-0.2, -0.15) is 0 Å². The van der Waals surface area contributed by atoms with Gasteiger partial charge in [-0.05, 0) is 36.8 Å². The third kappa shape index (κ3) is 2.87. The Kier molecular flexibility index (Phi) is 4.21. The highest BCUT2D eigenvalue weighted by Crippen LogP contribution is 2.46. The highest BCUT2D eigenvalue weighted by molar-refractivity contribution is 7.99. The monoisotopic (exact) mass is 325 g/mol. The number of fused-ring (bicyclic) bond motifs is 1. The predicted octanol–water partition coefficient (Wildman–Crippen LogP) is 4.10. The number of hydrogen-bond donors (Lipinski definition) is 0. The molecule has 0 N–H and O–H groups in total. The Morgan fingerprint density at radius 1 is 1.30 bits per heavy atom. The standard InChI is InChI=1S/C18H15NO3S/c1-3-17(21)22-18-13(10-20)8-12(2)9-15(18)19-11-23-16-7-5-4-6-14(16)19/h3-10H,1,11H2,2H3. The fourth-order valence-electron chi connectivity index (χ4n) is 2.53. The first-order valence-electron chi connectivity index (χ1n) is 7.07. The topological polar surface area (TPSA) is 46.6 Å². The summed E-state index contributed by atoms with van der Waals surface area (Å²) in [5, 5.41) is 0. The Labute approximate surface area is 138 Å². The normalized spacial score (nSPS) is 12.7. The third-order valence-electron chi connectivity index (χ3n) is 3.53. The second kappa shape index (κ2) is 6.30. The molecule has 0 bridgehead atoms. The van der Waals surface area contributed by atoms with E-state index in [0.29, 0.717) is 23.4 Å². The van der Waals surface area contributed by atoms with Crippen molar-refractivity contribution in [1.29, 1.82) is 0 Å². The number of carbonyl (C=O) groups excluding carboxylic acids is 2. The maximum absolute atomic E-state index is 11.7. The van der Waals surface area contributed by atoms with Gasteiger partial charge in [0.25, 0.3) is 0 Å². The fourth-order valence-corrected chi connectivity index (χ4v) is 3.58. The number of nitrogens with zero attached hydrogens (tertiary/aromatic N) is 1. The highest BCUT2D eigenvalue weighted by atomic mass is 32.2. The summed E-state index contributed by atoms with van der Waals surface area (Å²) in [5.41, 5.74) is 3.02.